The van der Waals surface area contributed by atoms with Crippen molar-refractivity contribution in [3.05, 3.63) is 57.6 Å². The van der Waals surface area contributed by atoms with E-state index < -0.39 is 49.3 Å². The second-order valence-electron chi connectivity index (χ2n) is 8.67. The van der Waals surface area contributed by atoms with Gasteiger partial charge in [-0.2, -0.15) is 15.5 Å². The molecule has 2 aromatic rings. The monoisotopic (exact) mass is 557 g/mol. The number of benzene rings is 2. The average molecular weight is 558 g/mol. The molecule has 2 heterocycles. The standard InChI is InChI=1S/C12H12N4O3S.C12H11NO4S/c1-6-2-9-7(4-13)5-20(18,19)10(9)3-8(6)11(17)16-12(14)15;1-7-3-10-8(5-13)6-18(15,16)11(10)4-9(7)12(14)17-2/h2-3,7H,5H2,1H3,(H4,14,15,16,17);3-4,8H,6H2,1-2H3. The van der Waals surface area contributed by atoms with Gasteiger partial charge >= 0.3 is 5.97 Å². The summed E-state index contributed by atoms with van der Waals surface area (Å²) in [5.41, 5.74) is 12.6. The highest BCUT2D eigenvalue weighted by Crippen LogP contribution is 2.37. The summed E-state index contributed by atoms with van der Waals surface area (Å²) >= 11 is 0. The van der Waals surface area contributed by atoms with Crippen molar-refractivity contribution in [2.24, 2.45) is 16.5 Å². The fourth-order valence-electron chi connectivity index (χ4n) is 4.25. The molecule has 2 aromatic carbocycles. The Bertz CT molecular complexity index is 1690. The number of rotatable bonds is 2. The van der Waals surface area contributed by atoms with Crippen LogP contribution < -0.4 is 11.5 Å². The Morgan fingerprint density at radius 2 is 1.29 bits per heavy atom. The Balaban J connectivity index is 0.000000212. The summed E-state index contributed by atoms with van der Waals surface area (Å²) < 4.78 is 52.4. The maximum atomic E-state index is 12.0. The van der Waals surface area contributed by atoms with Crippen LogP contribution in [0.4, 0.5) is 0 Å². The zero-order valence-electron chi connectivity index (χ0n) is 20.5. The third-order valence-corrected chi connectivity index (χ3v) is 9.68. The van der Waals surface area contributed by atoms with Gasteiger partial charge in [-0.1, -0.05) is 12.1 Å². The summed E-state index contributed by atoms with van der Waals surface area (Å²) in [6, 6.07) is 9.59. The van der Waals surface area contributed by atoms with E-state index in [1.165, 1.54) is 25.3 Å². The third kappa shape index (κ3) is 5.22. The lowest BCUT2D eigenvalue weighted by Crippen LogP contribution is -2.24. The van der Waals surface area contributed by atoms with Crippen molar-refractivity contribution in [3.63, 3.8) is 0 Å². The summed E-state index contributed by atoms with van der Waals surface area (Å²) in [7, 11) is -5.79. The first-order chi connectivity index (χ1) is 17.7. The molecule has 2 atom stereocenters. The normalized spacial score (nSPS) is 19.4. The van der Waals surface area contributed by atoms with Gasteiger partial charge in [0.1, 0.15) is 0 Å². The summed E-state index contributed by atoms with van der Waals surface area (Å²) in [6.45, 7) is 3.32. The predicted molar refractivity (Wildman–Crippen MR) is 135 cm³/mol. The molecule has 0 bridgehead atoms. The molecule has 0 aromatic heterocycles. The van der Waals surface area contributed by atoms with Crippen LogP contribution >= 0.6 is 0 Å². The molecule has 2 aliphatic rings. The number of hydrogen-bond donors (Lipinski definition) is 2. The summed E-state index contributed by atoms with van der Waals surface area (Å²) in [5, 5.41) is 18.0. The third-order valence-electron chi connectivity index (χ3n) is 6.08. The van der Waals surface area contributed by atoms with Gasteiger partial charge in [0.25, 0.3) is 5.91 Å². The number of nitriles is 2. The SMILES string of the molecule is COC(=O)c1cc2c(cc1C)C(C#N)CS2(=O)=O.Cc1cc2c(cc1C(=O)N=C(N)N)S(=O)(=O)CC2C#N. The largest absolute Gasteiger partial charge is 0.465 e. The highest BCUT2D eigenvalue weighted by molar-refractivity contribution is 7.92. The van der Waals surface area contributed by atoms with Crippen LogP contribution in [-0.4, -0.2) is 53.3 Å². The Morgan fingerprint density at radius 3 is 1.68 bits per heavy atom. The fraction of sp³-hybridized carbons (Fsp3) is 0.292. The van der Waals surface area contributed by atoms with Gasteiger partial charge < -0.3 is 16.2 Å². The van der Waals surface area contributed by atoms with E-state index in [0.29, 0.717) is 22.3 Å². The molecule has 38 heavy (non-hydrogen) atoms. The second-order valence-corrected chi connectivity index (χ2v) is 12.7. The molecule has 0 saturated carbocycles. The molecule has 2 aliphatic heterocycles. The van der Waals surface area contributed by atoms with Gasteiger partial charge in [0.15, 0.2) is 25.6 Å². The second kappa shape index (κ2) is 10.2. The topological polar surface area (TPSA) is 224 Å². The van der Waals surface area contributed by atoms with Crippen molar-refractivity contribution >= 4 is 37.5 Å². The summed E-state index contributed by atoms with van der Waals surface area (Å²) in [5.74, 6) is -3.53. The number of nitrogens with two attached hydrogens (primary N) is 2. The van der Waals surface area contributed by atoms with Gasteiger partial charge in [0, 0.05) is 5.56 Å². The van der Waals surface area contributed by atoms with Gasteiger partial charge in [-0.3, -0.25) is 4.79 Å². The van der Waals surface area contributed by atoms with E-state index in [-0.39, 0.29) is 32.4 Å². The molecular weight excluding hydrogens is 534 g/mol. The minimum atomic E-state index is -3.55. The highest BCUT2D eigenvalue weighted by atomic mass is 32.2. The van der Waals surface area contributed by atoms with Crippen molar-refractivity contribution in [2.75, 3.05) is 18.6 Å². The first-order valence-electron chi connectivity index (χ1n) is 10.9. The fourth-order valence-corrected chi connectivity index (χ4v) is 7.71. The number of fused-ring (bicyclic) bond motifs is 2. The lowest BCUT2D eigenvalue weighted by molar-refractivity contribution is 0.0599. The highest BCUT2D eigenvalue weighted by Gasteiger charge is 2.37. The molecule has 4 rings (SSSR count). The van der Waals surface area contributed by atoms with Crippen molar-refractivity contribution < 1.29 is 31.2 Å². The number of esters is 1. The molecule has 0 saturated heterocycles. The number of methoxy groups -OCH3 is 1. The van der Waals surface area contributed by atoms with E-state index in [4.69, 9.17) is 22.0 Å². The molecule has 0 spiro atoms. The average Bonchev–Trinajstić information content (AvgIpc) is 3.24. The lowest BCUT2D eigenvalue weighted by Gasteiger charge is -2.07. The van der Waals surface area contributed by atoms with Crippen molar-refractivity contribution in [1.29, 1.82) is 10.5 Å². The van der Waals surface area contributed by atoms with Crippen LogP contribution in [0, 0.1) is 36.5 Å². The number of amides is 1. The van der Waals surface area contributed by atoms with Gasteiger partial charge in [-0.05, 0) is 48.2 Å². The molecule has 2 unspecified atom stereocenters. The number of aryl methyl sites for hydroxylation is 2. The van der Waals surface area contributed by atoms with Crippen LogP contribution in [0.1, 0.15) is 54.8 Å². The Hall–Kier alpha value is -4.27. The number of nitrogens with zero attached hydrogens (tertiary/aromatic N) is 3. The maximum absolute atomic E-state index is 12.0. The van der Waals surface area contributed by atoms with Crippen molar-refractivity contribution in [3.8, 4) is 12.1 Å². The van der Waals surface area contributed by atoms with E-state index in [1.54, 1.807) is 19.9 Å². The van der Waals surface area contributed by atoms with Crippen LogP contribution in [0.25, 0.3) is 0 Å². The van der Waals surface area contributed by atoms with Crippen molar-refractivity contribution in [1.82, 2.24) is 0 Å². The first kappa shape index (κ1) is 28.3. The zero-order chi connectivity index (χ0) is 28.6. The minimum absolute atomic E-state index is 0.00351. The number of ether oxygens (including phenoxy) is 1. The molecule has 1 amide bonds. The van der Waals surface area contributed by atoms with E-state index in [0.717, 1.165) is 0 Å². The quantitative estimate of drug-likeness (QED) is 0.300. The predicted octanol–water partition coefficient (Wildman–Crippen LogP) is 0.979. The molecule has 198 valence electrons. The van der Waals surface area contributed by atoms with Crippen LogP contribution in [0.15, 0.2) is 39.0 Å². The van der Waals surface area contributed by atoms with E-state index in [1.807, 2.05) is 12.1 Å². The summed E-state index contributed by atoms with van der Waals surface area (Å²) in [6.07, 6.45) is 0. The zero-order valence-corrected chi connectivity index (χ0v) is 22.2. The van der Waals surface area contributed by atoms with Gasteiger partial charge in [0.2, 0.25) is 0 Å². The number of sulfone groups is 2. The molecule has 0 aliphatic carbocycles. The van der Waals surface area contributed by atoms with Crippen LogP contribution in [0.5, 0.6) is 0 Å². The van der Waals surface area contributed by atoms with Gasteiger partial charge in [0.05, 0.1) is 57.9 Å². The summed E-state index contributed by atoms with van der Waals surface area (Å²) in [4.78, 5) is 26.8. The van der Waals surface area contributed by atoms with E-state index in [9.17, 15) is 26.4 Å². The Morgan fingerprint density at radius 1 is 0.868 bits per heavy atom. The first-order valence-corrected chi connectivity index (χ1v) is 14.2. The number of aliphatic imine (C=N–C) groups is 1. The molecule has 0 radical (unpaired) electrons. The molecular formula is C24H23N5O7S2. The maximum Gasteiger partial charge on any atom is 0.338 e. The van der Waals surface area contributed by atoms with E-state index >= 15 is 0 Å². The van der Waals surface area contributed by atoms with Gasteiger partial charge in [-0.15, -0.1) is 0 Å². The van der Waals surface area contributed by atoms with Crippen molar-refractivity contribution in [2.45, 2.75) is 35.5 Å². The number of carbonyl (C=O) groups excluding carboxylic acids is 2. The van der Waals surface area contributed by atoms with Gasteiger partial charge in [-0.25, -0.2) is 21.6 Å². The number of guanidine groups is 1. The van der Waals surface area contributed by atoms with Crippen LogP contribution in [0.3, 0.4) is 0 Å². The number of carbonyl (C=O) groups is 2. The van der Waals surface area contributed by atoms with E-state index in [2.05, 4.69) is 9.73 Å². The molecule has 14 heteroatoms. The minimum Gasteiger partial charge on any atom is -0.465 e. The smallest absolute Gasteiger partial charge is 0.338 e. The Kier molecular flexibility index (Phi) is 7.63. The lowest BCUT2D eigenvalue weighted by atomic mass is 9.97. The van der Waals surface area contributed by atoms with Crippen LogP contribution in [0.2, 0.25) is 0 Å². The van der Waals surface area contributed by atoms with Crippen LogP contribution in [-0.2, 0) is 24.4 Å². The molecule has 4 N–H and O–H groups in total. The molecule has 12 nitrogen and oxygen atoms in total. The Labute approximate surface area is 219 Å². The number of hydrogen-bond acceptors (Lipinski definition) is 9. The molecule has 0 fully saturated rings.